The van der Waals surface area contributed by atoms with Crippen LogP contribution in [0.25, 0.3) is 0 Å². The fourth-order valence-corrected chi connectivity index (χ4v) is 4.42. The summed E-state index contributed by atoms with van der Waals surface area (Å²) in [5, 5.41) is 3.53. The molecule has 2 aliphatic heterocycles. The number of nitrogens with zero attached hydrogens (tertiary/aromatic N) is 1. The summed E-state index contributed by atoms with van der Waals surface area (Å²) < 4.78 is 0. The normalized spacial score (nSPS) is 35.7. The number of likely N-dealkylation sites (tertiary alicyclic amines) is 1. The highest BCUT2D eigenvalue weighted by atomic mass is 16.2. The van der Waals surface area contributed by atoms with Gasteiger partial charge in [-0.2, -0.15) is 0 Å². The summed E-state index contributed by atoms with van der Waals surface area (Å²) in [5.74, 6) is 1.61. The third kappa shape index (κ3) is 1.41. The van der Waals surface area contributed by atoms with E-state index in [9.17, 15) is 4.79 Å². The van der Waals surface area contributed by atoms with Gasteiger partial charge in [-0.1, -0.05) is 19.1 Å². The second-order valence-electron chi connectivity index (χ2n) is 6.38. The number of amides is 1. The fraction of sp³-hybridized carbons (Fsp3) is 0.562. The average Bonchev–Trinajstić information content (AvgIpc) is 2.83. The Morgan fingerprint density at radius 3 is 3.00 bits per heavy atom. The van der Waals surface area contributed by atoms with Gasteiger partial charge in [0.25, 0.3) is 0 Å². The summed E-state index contributed by atoms with van der Waals surface area (Å²) in [7, 11) is 1.99. The molecule has 1 saturated heterocycles. The molecule has 4 atom stereocenters. The van der Waals surface area contributed by atoms with Crippen LogP contribution in [0.2, 0.25) is 0 Å². The van der Waals surface area contributed by atoms with Crippen molar-refractivity contribution in [2.75, 3.05) is 18.9 Å². The van der Waals surface area contributed by atoms with Crippen LogP contribution in [-0.4, -0.2) is 30.4 Å². The molecular weight excluding hydrogens is 236 g/mol. The van der Waals surface area contributed by atoms with E-state index in [-0.39, 0.29) is 5.92 Å². The summed E-state index contributed by atoms with van der Waals surface area (Å²) in [4.78, 5) is 14.2. The lowest BCUT2D eigenvalue weighted by atomic mass is 9.69. The summed E-state index contributed by atoms with van der Waals surface area (Å²) in [6.07, 6.45) is 2.13. The van der Waals surface area contributed by atoms with Gasteiger partial charge >= 0.3 is 0 Å². The highest BCUT2D eigenvalue weighted by Gasteiger charge is 2.45. The molecule has 19 heavy (non-hydrogen) atoms. The van der Waals surface area contributed by atoms with Gasteiger partial charge in [0.05, 0.1) is 0 Å². The predicted molar refractivity (Wildman–Crippen MR) is 75.4 cm³/mol. The van der Waals surface area contributed by atoms with Gasteiger partial charge in [0, 0.05) is 43.1 Å². The van der Waals surface area contributed by atoms with Crippen molar-refractivity contribution in [3.8, 4) is 0 Å². The molecule has 2 heterocycles. The lowest BCUT2D eigenvalue weighted by molar-refractivity contribution is -0.140. The Morgan fingerprint density at radius 2 is 2.16 bits per heavy atom. The number of anilines is 1. The molecule has 0 bridgehead atoms. The lowest BCUT2D eigenvalue weighted by Gasteiger charge is -2.46. The SMILES string of the molecule is C[C@H]1C[C@@H]2c3cccc4c3C(CN4)C[C@@H]2N(C)C1=O. The van der Waals surface area contributed by atoms with Gasteiger partial charge in [0.15, 0.2) is 0 Å². The first-order chi connectivity index (χ1) is 9.16. The van der Waals surface area contributed by atoms with E-state index in [1.54, 1.807) is 5.56 Å². The number of carbonyl (C=O) groups excluding carboxylic acids is 1. The van der Waals surface area contributed by atoms with E-state index in [4.69, 9.17) is 0 Å². The molecule has 3 aliphatic rings. The van der Waals surface area contributed by atoms with Gasteiger partial charge in [-0.05, 0) is 30.0 Å². The zero-order valence-corrected chi connectivity index (χ0v) is 11.5. The van der Waals surface area contributed by atoms with Crippen LogP contribution in [0, 0.1) is 5.92 Å². The van der Waals surface area contributed by atoms with Crippen LogP contribution >= 0.6 is 0 Å². The van der Waals surface area contributed by atoms with Gasteiger partial charge in [-0.15, -0.1) is 0 Å². The second-order valence-corrected chi connectivity index (χ2v) is 6.38. The summed E-state index contributed by atoms with van der Waals surface area (Å²) in [6.45, 7) is 3.11. The fourth-order valence-electron chi connectivity index (χ4n) is 4.42. The van der Waals surface area contributed by atoms with Crippen molar-refractivity contribution in [1.82, 2.24) is 4.90 Å². The van der Waals surface area contributed by atoms with Crippen LogP contribution in [0.4, 0.5) is 5.69 Å². The largest absolute Gasteiger partial charge is 0.384 e. The molecule has 3 heteroatoms. The van der Waals surface area contributed by atoms with Gasteiger partial charge < -0.3 is 10.2 Å². The van der Waals surface area contributed by atoms with Crippen molar-refractivity contribution in [3.63, 3.8) is 0 Å². The van der Waals surface area contributed by atoms with E-state index in [1.165, 1.54) is 11.3 Å². The molecule has 0 radical (unpaired) electrons. The number of rotatable bonds is 0. The highest BCUT2D eigenvalue weighted by molar-refractivity contribution is 5.80. The average molecular weight is 256 g/mol. The minimum atomic E-state index is 0.160. The van der Waals surface area contributed by atoms with Gasteiger partial charge in [-0.25, -0.2) is 0 Å². The molecule has 1 unspecified atom stereocenters. The Hall–Kier alpha value is -1.51. The maximum atomic E-state index is 12.2. The van der Waals surface area contributed by atoms with Crippen molar-refractivity contribution in [2.45, 2.75) is 37.6 Å². The first kappa shape index (κ1) is 11.3. The monoisotopic (exact) mass is 256 g/mol. The van der Waals surface area contributed by atoms with E-state index in [0.717, 1.165) is 19.4 Å². The number of piperidine rings is 1. The topological polar surface area (TPSA) is 32.3 Å². The molecule has 1 amide bonds. The number of nitrogens with one attached hydrogen (secondary N) is 1. The Balaban J connectivity index is 1.83. The van der Waals surface area contributed by atoms with Gasteiger partial charge in [0.2, 0.25) is 5.91 Å². The van der Waals surface area contributed by atoms with Crippen LogP contribution < -0.4 is 5.32 Å². The summed E-state index contributed by atoms with van der Waals surface area (Å²) in [6, 6.07) is 7.04. The Morgan fingerprint density at radius 1 is 1.32 bits per heavy atom. The van der Waals surface area contributed by atoms with Crippen LogP contribution in [0.3, 0.4) is 0 Å². The Kier molecular flexibility index (Phi) is 2.23. The number of hydrogen-bond donors (Lipinski definition) is 1. The third-order valence-corrected chi connectivity index (χ3v) is 5.35. The molecule has 0 spiro atoms. The van der Waals surface area contributed by atoms with Crippen molar-refractivity contribution in [2.24, 2.45) is 5.92 Å². The van der Waals surface area contributed by atoms with Crippen molar-refractivity contribution < 1.29 is 4.79 Å². The molecule has 4 rings (SSSR count). The Bertz CT molecular complexity index is 554. The van der Waals surface area contributed by atoms with Gasteiger partial charge in [0.1, 0.15) is 0 Å². The molecule has 1 aliphatic carbocycles. The second kappa shape index (κ2) is 3.75. The maximum absolute atomic E-state index is 12.2. The molecule has 3 nitrogen and oxygen atoms in total. The molecule has 1 aromatic rings. The van der Waals surface area contributed by atoms with Crippen molar-refractivity contribution >= 4 is 11.6 Å². The summed E-state index contributed by atoms with van der Waals surface area (Å²) in [5.41, 5.74) is 4.36. The Labute approximate surface area is 114 Å². The van der Waals surface area contributed by atoms with Crippen LogP contribution in [0.1, 0.15) is 42.7 Å². The van der Waals surface area contributed by atoms with Gasteiger partial charge in [-0.3, -0.25) is 4.79 Å². The summed E-state index contributed by atoms with van der Waals surface area (Å²) >= 11 is 0. The van der Waals surface area contributed by atoms with Crippen LogP contribution in [0.15, 0.2) is 18.2 Å². The number of benzene rings is 1. The van der Waals surface area contributed by atoms with Crippen molar-refractivity contribution in [3.05, 3.63) is 29.3 Å². The minimum absolute atomic E-state index is 0.160. The molecule has 1 fully saturated rings. The molecule has 1 aromatic carbocycles. The number of carbonyl (C=O) groups is 1. The first-order valence-electron chi connectivity index (χ1n) is 7.30. The maximum Gasteiger partial charge on any atom is 0.225 e. The standard InChI is InChI=1S/C16H20N2O/c1-9-6-12-11-4-3-5-13-15(11)10(8-17-13)7-14(12)18(2)16(9)19/h3-5,9-10,12,14,17H,6-8H2,1-2H3/t9-,10?,12+,14-/m0/s1. The third-order valence-electron chi connectivity index (χ3n) is 5.35. The first-order valence-corrected chi connectivity index (χ1v) is 7.30. The quantitative estimate of drug-likeness (QED) is 0.773. The zero-order chi connectivity index (χ0) is 13.1. The van der Waals surface area contributed by atoms with E-state index < -0.39 is 0 Å². The minimum Gasteiger partial charge on any atom is -0.384 e. The smallest absolute Gasteiger partial charge is 0.225 e. The molecular formula is C16H20N2O. The predicted octanol–water partition coefficient (Wildman–Crippen LogP) is 2.55. The zero-order valence-electron chi connectivity index (χ0n) is 11.5. The van der Waals surface area contributed by atoms with E-state index in [2.05, 4.69) is 30.4 Å². The van der Waals surface area contributed by atoms with E-state index in [0.29, 0.717) is 23.8 Å². The molecule has 0 aromatic heterocycles. The molecule has 0 saturated carbocycles. The lowest BCUT2D eigenvalue weighted by Crippen LogP contribution is -2.51. The van der Waals surface area contributed by atoms with Crippen molar-refractivity contribution in [1.29, 1.82) is 0 Å². The molecule has 1 N–H and O–H groups in total. The van der Waals surface area contributed by atoms with E-state index in [1.807, 2.05) is 11.9 Å². The van der Waals surface area contributed by atoms with Crippen LogP contribution in [0.5, 0.6) is 0 Å². The molecule has 100 valence electrons. The number of likely N-dealkylation sites (N-methyl/N-ethyl adjacent to an activating group) is 1. The number of fused-ring (bicyclic) bond motifs is 2. The van der Waals surface area contributed by atoms with E-state index >= 15 is 0 Å². The van der Waals surface area contributed by atoms with Crippen LogP contribution in [-0.2, 0) is 4.79 Å². The highest BCUT2D eigenvalue weighted by Crippen LogP contribution is 2.50. The number of hydrogen-bond acceptors (Lipinski definition) is 2.